The molecule has 3 nitrogen and oxygen atoms in total. The van der Waals surface area contributed by atoms with Gasteiger partial charge in [-0.15, -0.1) is 0 Å². The van der Waals surface area contributed by atoms with Crippen LogP contribution in [0.25, 0.3) is 0 Å². The van der Waals surface area contributed by atoms with E-state index in [4.69, 9.17) is 0 Å². The van der Waals surface area contributed by atoms with Gasteiger partial charge in [-0.1, -0.05) is 30.3 Å². The fourth-order valence-electron chi connectivity index (χ4n) is 6.11. The van der Waals surface area contributed by atoms with E-state index in [-0.39, 0.29) is 5.91 Å². The van der Waals surface area contributed by atoms with Crippen LogP contribution in [0.15, 0.2) is 48.5 Å². The summed E-state index contributed by atoms with van der Waals surface area (Å²) >= 11 is 0. The van der Waals surface area contributed by atoms with Crippen LogP contribution in [0.2, 0.25) is 0 Å². The van der Waals surface area contributed by atoms with Crippen LogP contribution >= 0.6 is 0 Å². The minimum absolute atomic E-state index is 0.102. The molecule has 3 fully saturated rings. The molecule has 2 aromatic rings. The first-order valence-electron chi connectivity index (χ1n) is 10.5. The van der Waals surface area contributed by atoms with Crippen LogP contribution in [0.3, 0.4) is 0 Å². The number of fused-ring (bicyclic) bond motifs is 7. The van der Waals surface area contributed by atoms with Crippen molar-refractivity contribution in [1.29, 1.82) is 0 Å². The molecule has 6 rings (SSSR count). The topological polar surface area (TPSA) is 41.1 Å². The fraction of sp³-hybridized carbons (Fsp3) is 0.458. The van der Waals surface area contributed by atoms with Crippen LogP contribution in [0.5, 0.6) is 0 Å². The minimum Gasteiger partial charge on any atom is -0.378 e. The number of rotatable bonds is 3. The first-order valence-corrected chi connectivity index (χ1v) is 10.5. The maximum Gasteiger partial charge on any atom is 0.251 e. The summed E-state index contributed by atoms with van der Waals surface area (Å²) in [6, 6.07) is 18.1. The van der Waals surface area contributed by atoms with E-state index in [1.807, 2.05) is 6.07 Å². The second-order valence-corrected chi connectivity index (χ2v) is 9.02. The van der Waals surface area contributed by atoms with Crippen molar-refractivity contribution in [2.45, 2.75) is 50.1 Å². The van der Waals surface area contributed by atoms with E-state index in [9.17, 15) is 4.79 Å². The summed E-state index contributed by atoms with van der Waals surface area (Å²) < 4.78 is 0. The molecule has 0 saturated heterocycles. The summed E-state index contributed by atoms with van der Waals surface area (Å²) in [6.07, 6.45) is 6.34. The van der Waals surface area contributed by atoms with Crippen molar-refractivity contribution in [3.05, 3.63) is 65.2 Å². The van der Waals surface area contributed by atoms with Gasteiger partial charge in [0.25, 0.3) is 5.91 Å². The zero-order valence-corrected chi connectivity index (χ0v) is 15.5. The predicted octanol–water partition coefficient (Wildman–Crippen LogP) is 4.88. The van der Waals surface area contributed by atoms with E-state index in [2.05, 4.69) is 53.1 Å². The molecule has 2 aromatic carbocycles. The van der Waals surface area contributed by atoms with Crippen LogP contribution < -0.4 is 10.6 Å². The molecule has 0 radical (unpaired) electrons. The van der Waals surface area contributed by atoms with Crippen molar-refractivity contribution < 1.29 is 4.79 Å². The first kappa shape index (κ1) is 15.7. The lowest BCUT2D eigenvalue weighted by molar-refractivity contribution is 0.0951. The van der Waals surface area contributed by atoms with Gasteiger partial charge in [-0.05, 0) is 85.1 Å². The molecule has 3 heteroatoms. The predicted molar refractivity (Wildman–Crippen MR) is 107 cm³/mol. The van der Waals surface area contributed by atoms with Gasteiger partial charge in [-0.2, -0.15) is 0 Å². The summed E-state index contributed by atoms with van der Waals surface area (Å²) in [4.78, 5) is 12.6. The Hall–Kier alpha value is -2.29. The molecule has 3 saturated carbocycles. The van der Waals surface area contributed by atoms with Gasteiger partial charge in [0.1, 0.15) is 0 Å². The first-order chi connectivity index (χ1) is 13.3. The van der Waals surface area contributed by atoms with Gasteiger partial charge in [-0.25, -0.2) is 0 Å². The van der Waals surface area contributed by atoms with E-state index in [0.29, 0.717) is 23.9 Å². The molecule has 138 valence electrons. The number of amides is 1. The maximum atomic E-state index is 12.6. The van der Waals surface area contributed by atoms with Gasteiger partial charge in [0.05, 0.1) is 6.04 Å². The Morgan fingerprint density at radius 3 is 2.59 bits per heavy atom. The lowest BCUT2D eigenvalue weighted by Gasteiger charge is -2.43. The van der Waals surface area contributed by atoms with Gasteiger partial charge in [-0.3, -0.25) is 4.79 Å². The molecular formula is C24H26N2O. The normalized spacial score (nSPS) is 33.1. The second kappa shape index (κ2) is 5.85. The Morgan fingerprint density at radius 1 is 0.963 bits per heavy atom. The Labute approximate surface area is 160 Å². The van der Waals surface area contributed by atoms with E-state index in [0.717, 1.165) is 30.2 Å². The zero-order valence-electron chi connectivity index (χ0n) is 15.5. The van der Waals surface area contributed by atoms with E-state index < -0.39 is 0 Å². The number of carbonyl (C=O) groups excluding carboxylic acids is 1. The van der Waals surface area contributed by atoms with Crippen molar-refractivity contribution in [1.82, 2.24) is 5.32 Å². The van der Waals surface area contributed by atoms with Gasteiger partial charge in [0.15, 0.2) is 0 Å². The second-order valence-electron chi connectivity index (χ2n) is 9.02. The lowest BCUT2D eigenvalue weighted by Crippen LogP contribution is -2.35. The third kappa shape index (κ3) is 2.51. The summed E-state index contributed by atoms with van der Waals surface area (Å²) in [5.74, 6) is 2.95. The number of nitrogens with one attached hydrogen (secondary N) is 2. The highest BCUT2D eigenvalue weighted by Crippen LogP contribution is 2.63. The van der Waals surface area contributed by atoms with Crippen molar-refractivity contribution >= 4 is 11.6 Å². The molecule has 1 heterocycles. The highest BCUT2D eigenvalue weighted by molar-refractivity contribution is 5.95. The van der Waals surface area contributed by atoms with Crippen LogP contribution in [-0.4, -0.2) is 11.9 Å². The largest absolute Gasteiger partial charge is 0.378 e. The Bertz CT molecular complexity index is 889. The average molecular weight is 358 g/mol. The molecule has 0 spiro atoms. The summed E-state index contributed by atoms with van der Waals surface area (Å²) in [5.41, 5.74) is 4.87. The van der Waals surface area contributed by atoms with E-state index in [1.54, 1.807) is 0 Å². The molecule has 27 heavy (non-hydrogen) atoms. The highest BCUT2D eigenvalue weighted by Gasteiger charge is 2.53. The summed E-state index contributed by atoms with van der Waals surface area (Å²) in [7, 11) is 0. The Balaban J connectivity index is 1.40. The molecule has 1 amide bonds. The molecule has 0 unspecified atom stereocenters. The maximum absolute atomic E-state index is 12.6. The molecule has 5 atom stereocenters. The van der Waals surface area contributed by atoms with Crippen LogP contribution in [0, 0.1) is 17.8 Å². The lowest BCUT2D eigenvalue weighted by atomic mass is 9.68. The molecule has 0 aromatic heterocycles. The number of carbonyl (C=O) groups is 1. The standard InChI is InChI=1S/C24H26N2O/c27-24(25-18-9-10-18)17-8-11-20-19(13-17)21-15-6-7-16(12-15)22(21)23(26-20)14-4-2-1-3-5-14/h1-5,8,11,13,15-16,18,21-23,26H,6-7,9-10,12H2,(H,25,27)/t15-,16-,21+,22+,23+/m0/s1. The summed E-state index contributed by atoms with van der Waals surface area (Å²) in [6.45, 7) is 0. The average Bonchev–Trinajstić information content (AvgIpc) is 3.28. The molecule has 1 aliphatic heterocycles. The van der Waals surface area contributed by atoms with Crippen LogP contribution in [-0.2, 0) is 0 Å². The minimum atomic E-state index is 0.102. The number of anilines is 1. The molecule has 2 N–H and O–H groups in total. The van der Waals surface area contributed by atoms with Gasteiger partial charge in [0.2, 0.25) is 0 Å². The van der Waals surface area contributed by atoms with Gasteiger partial charge in [0, 0.05) is 17.3 Å². The SMILES string of the molecule is O=C(NC1CC1)c1ccc2c(c1)[C@H]1[C@H]3CC[C@@H](C3)[C@H]1[C@@H](c1ccccc1)N2. The van der Waals surface area contributed by atoms with Crippen molar-refractivity contribution in [3.63, 3.8) is 0 Å². The Morgan fingerprint density at radius 2 is 1.78 bits per heavy atom. The van der Waals surface area contributed by atoms with Crippen molar-refractivity contribution in [3.8, 4) is 0 Å². The number of benzene rings is 2. The van der Waals surface area contributed by atoms with Crippen molar-refractivity contribution in [2.24, 2.45) is 17.8 Å². The van der Waals surface area contributed by atoms with Gasteiger partial charge < -0.3 is 10.6 Å². The monoisotopic (exact) mass is 358 g/mol. The fourth-order valence-corrected chi connectivity index (χ4v) is 6.11. The highest BCUT2D eigenvalue weighted by atomic mass is 16.1. The van der Waals surface area contributed by atoms with E-state index in [1.165, 1.54) is 36.1 Å². The van der Waals surface area contributed by atoms with Crippen LogP contribution in [0.1, 0.15) is 65.5 Å². The molecule has 3 aliphatic carbocycles. The number of hydrogen-bond donors (Lipinski definition) is 2. The third-order valence-electron chi connectivity index (χ3n) is 7.42. The molecule has 4 aliphatic rings. The Kier molecular flexibility index (Phi) is 3.41. The third-order valence-corrected chi connectivity index (χ3v) is 7.42. The zero-order chi connectivity index (χ0) is 18.0. The number of hydrogen-bond acceptors (Lipinski definition) is 2. The van der Waals surface area contributed by atoms with Gasteiger partial charge >= 0.3 is 0 Å². The molecular weight excluding hydrogens is 332 g/mol. The summed E-state index contributed by atoms with van der Waals surface area (Å²) in [5, 5.41) is 7.00. The van der Waals surface area contributed by atoms with E-state index >= 15 is 0 Å². The molecule has 2 bridgehead atoms. The smallest absolute Gasteiger partial charge is 0.251 e. The van der Waals surface area contributed by atoms with Crippen molar-refractivity contribution in [2.75, 3.05) is 5.32 Å². The quantitative estimate of drug-likeness (QED) is 0.821. The van der Waals surface area contributed by atoms with Crippen LogP contribution in [0.4, 0.5) is 5.69 Å².